The van der Waals surface area contributed by atoms with Gasteiger partial charge in [-0.3, -0.25) is 13.9 Å². The number of sulfonamides is 1. The summed E-state index contributed by atoms with van der Waals surface area (Å²) >= 11 is 6.28. The molecule has 9 nitrogen and oxygen atoms in total. The number of anilines is 2. The molecule has 0 bridgehead atoms. The van der Waals surface area contributed by atoms with Gasteiger partial charge in [0.25, 0.3) is 10.0 Å². The fourth-order valence-corrected chi connectivity index (χ4v) is 6.48. The summed E-state index contributed by atoms with van der Waals surface area (Å²) in [6, 6.07) is 23.9. The fourth-order valence-electron chi connectivity index (χ4n) is 4.84. The van der Waals surface area contributed by atoms with E-state index in [4.69, 9.17) is 25.8 Å². The average Bonchev–Trinajstić information content (AvgIpc) is 3.02. The number of fused-ring (bicyclic) bond motifs is 1. The van der Waals surface area contributed by atoms with Gasteiger partial charge < -0.3 is 19.1 Å². The summed E-state index contributed by atoms with van der Waals surface area (Å²) in [5, 5.41) is 1.89. The molecule has 0 heterocycles. The molecule has 0 unspecified atom stereocenters. The van der Waals surface area contributed by atoms with E-state index in [2.05, 4.69) is 4.90 Å². The van der Waals surface area contributed by atoms with Gasteiger partial charge in [0.05, 0.1) is 38.3 Å². The number of hydrogen-bond donors (Lipinski definition) is 0. The van der Waals surface area contributed by atoms with Crippen molar-refractivity contribution < 1.29 is 32.2 Å². The number of carbonyl (C=O) groups is 2. The molecule has 0 amide bonds. The summed E-state index contributed by atoms with van der Waals surface area (Å²) in [5.74, 6) is -0.590. The first-order valence-electron chi connectivity index (χ1n) is 13.4. The topological polar surface area (TPSA) is 102 Å². The molecule has 4 rings (SSSR count). The maximum atomic E-state index is 14.0. The minimum atomic E-state index is -4.21. The summed E-state index contributed by atoms with van der Waals surface area (Å²) in [6.45, 7) is 1.79. The molecular formula is C32H33ClN2O7S. The zero-order valence-electron chi connectivity index (χ0n) is 24.3. The third kappa shape index (κ3) is 7.21. The number of methoxy groups -OCH3 is 3. The number of hydrogen-bond acceptors (Lipinski definition) is 8. The maximum absolute atomic E-state index is 14.0. The lowest BCUT2D eigenvalue weighted by Crippen LogP contribution is -2.37. The second-order valence-corrected chi connectivity index (χ2v) is 12.1. The lowest BCUT2D eigenvalue weighted by Gasteiger charge is -2.33. The van der Waals surface area contributed by atoms with E-state index in [1.807, 2.05) is 37.3 Å². The first kappa shape index (κ1) is 31.7. The highest BCUT2D eigenvalue weighted by atomic mass is 35.5. The number of benzene rings is 4. The summed E-state index contributed by atoms with van der Waals surface area (Å²) < 4.78 is 44.0. The van der Waals surface area contributed by atoms with Crippen LogP contribution in [0.2, 0.25) is 5.02 Å². The van der Waals surface area contributed by atoms with E-state index >= 15 is 0 Å². The Bertz CT molecular complexity index is 1710. The second-order valence-electron chi connectivity index (χ2n) is 9.80. The number of nitrogens with zero attached hydrogens (tertiary/aromatic N) is 2. The van der Waals surface area contributed by atoms with Gasteiger partial charge in [0, 0.05) is 34.1 Å². The first-order chi connectivity index (χ1) is 20.6. The average molecular weight is 625 g/mol. The van der Waals surface area contributed by atoms with Crippen LogP contribution < -0.4 is 13.9 Å². The predicted molar refractivity (Wildman–Crippen MR) is 167 cm³/mol. The number of rotatable bonds is 12. The maximum Gasteiger partial charge on any atom is 0.326 e. The molecule has 0 aliphatic rings. The molecule has 0 aliphatic carbocycles. The van der Waals surface area contributed by atoms with Crippen LogP contribution in [0.15, 0.2) is 89.8 Å². The Morgan fingerprint density at radius 3 is 2.05 bits per heavy atom. The molecule has 0 spiro atoms. The quantitative estimate of drug-likeness (QED) is 0.182. The summed E-state index contributed by atoms with van der Waals surface area (Å²) in [5.41, 5.74) is 1.98. The zero-order valence-corrected chi connectivity index (χ0v) is 25.9. The normalized spacial score (nSPS) is 11.9. The highest BCUT2D eigenvalue weighted by Gasteiger charge is 2.30. The van der Waals surface area contributed by atoms with Crippen molar-refractivity contribution in [3.63, 3.8) is 0 Å². The van der Waals surface area contributed by atoms with Gasteiger partial charge in [-0.2, -0.15) is 0 Å². The van der Waals surface area contributed by atoms with Crippen molar-refractivity contribution in [3.8, 4) is 5.75 Å². The number of esters is 2. The fraction of sp³-hybridized carbons (Fsp3) is 0.250. The van der Waals surface area contributed by atoms with Crippen molar-refractivity contribution in [3.05, 3.63) is 95.5 Å². The third-order valence-corrected chi connectivity index (χ3v) is 9.08. The van der Waals surface area contributed by atoms with E-state index in [9.17, 15) is 18.0 Å². The minimum Gasteiger partial charge on any atom is -0.497 e. The Kier molecular flexibility index (Phi) is 10.2. The molecule has 0 radical (unpaired) electrons. The van der Waals surface area contributed by atoms with Crippen LogP contribution in [0, 0.1) is 0 Å². The van der Waals surface area contributed by atoms with Gasteiger partial charge in [-0.1, -0.05) is 48.0 Å². The number of halogens is 1. The summed E-state index contributed by atoms with van der Waals surface area (Å²) in [4.78, 5) is 26.9. The highest BCUT2D eigenvalue weighted by Crippen LogP contribution is 2.38. The van der Waals surface area contributed by atoms with Crippen molar-refractivity contribution in [2.45, 2.75) is 30.8 Å². The molecule has 4 aromatic carbocycles. The van der Waals surface area contributed by atoms with Crippen molar-refractivity contribution in [2.75, 3.05) is 37.1 Å². The van der Waals surface area contributed by atoms with E-state index in [1.54, 1.807) is 42.5 Å². The largest absolute Gasteiger partial charge is 0.497 e. The molecular weight excluding hydrogens is 592 g/mol. The molecule has 0 aliphatic heterocycles. The minimum absolute atomic E-state index is 0.0142. The third-order valence-electron chi connectivity index (χ3n) is 7.07. The molecule has 0 aromatic heterocycles. The molecule has 226 valence electrons. The van der Waals surface area contributed by atoms with E-state index in [0.717, 1.165) is 20.9 Å². The van der Waals surface area contributed by atoms with Crippen molar-refractivity contribution in [1.29, 1.82) is 0 Å². The van der Waals surface area contributed by atoms with Gasteiger partial charge >= 0.3 is 11.9 Å². The van der Waals surface area contributed by atoms with Crippen LogP contribution in [0.3, 0.4) is 0 Å². The van der Waals surface area contributed by atoms with E-state index in [0.29, 0.717) is 28.4 Å². The second kappa shape index (κ2) is 13.8. The Morgan fingerprint density at radius 1 is 0.814 bits per heavy atom. The van der Waals surface area contributed by atoms with Gasteiger partial charge in [-0.05, 0) is 61.0 Å². The van der Waals surface area contributed by atoms with E-state index in [1.165, 1.54) is 33.5 Å². The number of carbonyl (C=O) groups excluding carboxylic acids is 2. The predicted octanol–water partition coefficient (Wildman–Crippen LogP) is 5.83. The first-order valence-corrected chi connectivity index (χ1v) is 15.2. The van der Waals surface area contributed by atoms with Crippen LogP contribution in [0.5, 0.6) is 5.75 Å². The van der Waals surface area contributed by atoms with E-state index < -0.39 is 22.5 Å². The molecule has 43 heavy (non-hydrogen) atoms. The van der Waals surface area contributed by atoms with Crippen LogP contribution in [-0.2, 0) is 35.6 Å². The molecule has 11 heteroatoms. The monoisotopic (exact) mass is 624 g/mol. The zero-order chi connectivity index (χ0) is 31.1. The highest BCUT2D eigenvalue weighted by molar-refractivity contribution is 7.92. The van der Waals surface area contributed by atoms with Gasteiger partial charge in [0.2, 0.25) is 0 Å². The SMILES string of the molecule is COC(=O)C[C@H](C)N(Cc1cccc(Cl)c1)c1ccc(N(CC(=O)OC)S(=O)(=O)c2ccc(OC)cc2)c2ccccc12. The van der Waals surface area contributed by atoms with Crippen LogP contribution in [-0.4, -0.2) is 54.3 Å². The Morgan fingerprint density at radius 2 is 1.44 bits per heavy atom. The van der Waals surface area contributed by atoms with Crippen LogP contribution in [0.4, 0.5) is 11.4 Å². The molecule has 0 fully saturated rings. The van der Waals surface area contributed by atoms with Gasteiger partial charge in [0.15, 0.2) is 0 Å². The van der Waals surface area contributed by atoms with Crippen LogP contribution in [0.1, 0.15) is 18.9 Å². The lowest BCUT2D eigenvalue weighted by molar-refractivity contribution is -0.141. The van der Waals surface area contributed by atoms with Crippen LogP contribution in [0.25, 0.3) is 10.8 Å². The smallest absolute Gasteiger partial charge is 0.326 e. The van der Waals surface area contributed by atoms with Crippen molar-refractivity contribution in [2.24, 2.45) is 0 Å². The van der Waals surface area contributed by atoms with Crippen molar-refractivity contribution in [1.82, 2.24) is 0 Å². The Hall–Kier alpha value is -4.28. The molecule has 1 atom stereocenters. The Labute approximate surface area is 256 Å². The molecule has 0 saturated heterocycles. The van der Waals surface area contributed by atoms with E-state index in [-0.39, 0.29) is 23.3 Å². The lowest BCUT2D eigenvalue weighted by atomic mass is 10.0. The standard InChI is InChI=1S/C32H33ClN2O7S/c1-22(18-31(36)41-3)34(20-23-8-7-9-24(33)19-23)29-16-17-30(28-11-6-5-10-27(28)29)35(21-32(37)42-4)43(38,39)26-14-12-25(40-2)13-15-26/h5-17,19,22H,18,20-21H2,1-4H3/t22-/m0/s1. The number of ether oxygens (including phenoxy) is 3. The Balaban J connectivity index is 1.88. The van der Waals surface area contributed by atoms with Crippen molar-refractivity contribution >= 4 is 55.7 Å². The van der Waals surface area contributed by atoms with Gasteiger partial charge in [-0.25, -0.2) is 8.42 Å². The molecule has 0 saturated carbocycles. The molecule has 4 aromatic rings. The summed E-state index contributed by atoms with van der Waals surface area (Å²) in [7, 11) is -0.168. The van der Waals surface area contributed by atoms with Gasteiger partial charge in [0.1, 0.15) is 12.3 Å². The molecule has 0 N–H and O–H groups in total. The van der Waals surface area contributed by atoms with Crippen LogP contribution >= 0.6 is 11.6 Å². The summed E-state index contributed by atoms with van der Waals surface area (Å²) in [6.07, 6.45) is 0.119. The van der Waals surface area contributed by atoms with Gasteiger partial charge in [-0.15, -0.1) is 0 Å².